The molecule has 17 heavy (non-hydrogen) atoms. The van der Waals surface area contributed by atoms with Crippen molar-refractivity contribution in [2.45, 2.75) is 0 Å². The van der Waals surface area contributed by atoms with Gasteiger partial charge in [-0.2, -0.15) is 0 Å². The first-order valence-corrected chi connectivity index (χ1v) is 6.44. The van der Waals surface area contributed by atoms with Gasteiger partial charge in [-0.1, -0.05) is 45.7 Å². The molecule has 1 N–H and O–H groups in total. The summed E-state index contributed by atoms with van der Waals surface area (Å²) in [5.74, 6) is 0. The van der Waals surface area contributed by atoms with Crippen LogP contribution in [0.4, 0.5) is 0 Å². The first-order chi connectivity index (χ1) is 8.24. The lowest BCUT2D eigenvalue weighted by atomic mass is 10.1. The predicted molar refractivity (Wildman–Crippen MR) is 76.4 cm³/mol. The van der Waals surface area contributed by atoms with E-state index in [-0.39, 0.29) is 0 Å². The Bertz CT molecular complexity index is 670. The molecule has 84 valence electrons. The lowest BCUT2D eigenvalue weighted by Gasteiger charge is -1.97. The largest absolute Gasteiger partial charge is 0.354 e. The van der Waals surface area contributed by atoms with Crippen molar-refractivity contribution in [2.75, 3.05) is 0 Å². The number of halogens is 2. The highest BCUT2D eigenvalue weighted by Crippen LogP contribution is 2.29. The molecule has 0 aliphatic heterocycles. The number of nitrogens with one attached hydrogen (secondary N) is 1. The molecule has 0 amide bonds. The highest BCUT2D eigenvalue weighted by Gasteiger charge is 2.05. The quantitative estimate of drug-likeness (QED) is 0.632. The molecule has 0 fully saturated rings. The Balaban J connectivity index is 2.18. The summed E-state index contributed by atoms with van der Waals surface area (Å²) in [6, 6.07) is 16.2. The zero-order chi connectivity index (χ0) is 11.8. The van der Waals surface area contributed by atoms with Crippen molar-refractivity contribution in [3.05, 3.63) is 58.0 Å². The van der Waals surface area contributed by atoms with E-state index < -0.39 is 0 Å². The Morgan fingerprint density at radius 3 is 2.47 bits per heavy atom. The summed E-state index contributed by atoms with van der Waals surface area (Å²) in [6.45, 7) is 0. The van der Waals surface area contributed by atoms with Crippen LogP contribution in [-0.2, 0) is 0 Å². The third-order valence-electron chi connectivity index (χ3n) is 2.77. The Morgan fingerprint density at radius 1 is 1.00 bits per heavy atom. The number of H-pyrrole nitrogens is 1. The van der Waals surface area contributed by atoms with Crippen LogP contribution in [0.15, 0.2) is 53.0 Å². The molecular formula is C14H9BrClN. The van der Waals surface area contributed by atoms with Crippen molar-refractivity contribution >= 4 is 38.4 Å². The number of benzene rings is 2. The molecular weight excluding hydrogens is 298 g/mol. The number of fused-ring (bicyclic) bond motifs is 1. The van der Waals surface area contributed by atoms with Crippen LogP contribution in [0.5, 0.6) is 0 Å². The highest BCUT2D eigenvalue weighted by atomic mass is 79.9. The molecule has 1 heterocycles. The van der Waals surface area contributed by atoms with E-state index in [0.29, 0.717) is 0 Å². The molecule has 3 aromatic rings. The fraction of sp³-hybridized carbons (Fsp3) is 0. The maximum absolute atomic E-state index is 6.16. The van der Waals surface area contributed by atoms with Crippen LogP contribution < -0.4 is 0 Å². The molecule has 0 bridgehead atoms. The summed E-state index contributed by atoms with van der Waals surface area (Å²) < 4.78 is 1.08. The van der Waals surface area contributed by atoms with Crippen LogP contribution in [0.3, 0.4) is 0 Å². The fourth-order valence-electron chi connectivity index (χ4n) is 1.90. The van der Waals surface area contributed by atoms with Crippen molar-refractivity contribution in [2.24, 2.45) is 0 Å². The standard InChI is InChI=1S/C14H9BrClN/c15-10-6-4-9(5-7-10)14-8-11-12(16)2-1-3-13(11)17-14/h1-8,17H. The van der Waals surface area contributed by atoms with Crippen LogP contribution in [0.25, 0.3) is 22.2 Å². The van der Waals surface area contributed by atoms with Crippen LogP contribution in [0.2, 0.25) is 5.02 Å². The van der Waals surface area contributed by atoms with Gasteiger partial charge in [0.1, 0.15) is 0 Å². The van der Waals surface area contributed by atoms with Crippen molar-refractivity contribution in [1.29, 1.82) is 0 Å². The second-order valence-electron chi connectivity index (χ2n) is 3.89. The second kappa shape index (κ2) is 4.21. The van der Waals surface area contributed by atoms with Gasteiger partial charge in [-0.05, 0) is 35.9 Å². The number of hydrogen-bond acceptors (Lipinski definition) is 0. The van der Waals surface area contributed by atoms with E-state index in [9.17, 15) is 0 Å². The molecule has 0 saturated heterocycles. The molecule has 1 nitrogen and oxygen atoms in total. The zero-order valence-electron chi connectivity index (χ0n) is 8.87. The van der Waals surface area contributed by atoms with E-state index in [1.165, 1.54) is 0 Å². The van der Waals surface area contributed by atoms with Crippen molar-refractivity contribution in [3.63, 3.8) is 0 Å². The Kier molecular flexibility index (Phi) is 2.69. The van der Waals surface area contributed by atoms with Crippen LogP contribution in [0, 0.1) is 0 Å². The molecule has 3 heteroatoms. The summed E-state index contributed by atoms with van der Waals surface area (Å²) >= 11 is 9.59. The lowest BCUT2D eigenvalue weighted by Crippen LogP contribution is -1.75. The van der Waals surface area contributed by atoms with E-state index >= 15 is 0 Å². The topological polar surface area (TPSA) is 15.8 Å². The lowest BCUT2D eigenvalue weighted by molar-refractivity contribution is 1.45. The average Bonchev–Trinajstić information content (AvgIpc) is 2.75. The first kappa shape index (κ1) is 10.9. The number of rotatable bonds is 1. The van der Waals surface area contributed by atoms with Gasteiger partial charge in [0.05, 0.1) is 0 Å². The molecule has 0 aliphatic carbocycles. The van der Waals surface area contributed by atoms with E-state index in [1.54, 1.807) is 0 Å². The van der Waals surface area contributed by atoms with Gasteiger partial charge < -0.3 is 4.98 Å². The van der Waals surface area contributed by atoms with Gasteiger partial charge in [-0.3, -0.25) is 0 Å². The van der Waals surface area contributed by atoms with Gasteiger partial charge in [0, 0.05) is 26.1 Å². The average molecular weight is 307 g/mol. The zero-order valence-corrected chi connectivity index (χ0v) is 11.2. The van der Waals surface area contributed by atoms with Gasteiger partial charge in [-0.25, -0.2) is 0 Å². The van der Waals surface area contributed by atoms with Gasteiger partial charge >= 0.3 is 0 Å². The first-order valence-electron chi connectivity index (χ1n) is 5.27. The van der Waals surface area contributed by atoms with E-state index in [2.05, 4.69) is 39.1 Å². The summed E-state index contributed by atoms with van der Waals surface area (Å²) in [6.07, 6.45) is 0. The molecule has 0 aliphatic rings. The maximum Gasteiger partial charge on any atom is 0.0500 e. The molecule has 0 atom stereocenters. The Morgan fingerprint density at radius 2 is 1.76 bits per heavy atom. The number of aromatic nitrogens is 1. The monoisotopic (exact) mass is 305 g/mol. The molecule has 0 unspecified atom stereocenters. The summed E-state index contributed by atoms with van der Waals surface area (Å²) in [7, 11) is 0. The molecule has 0 spiro atoms. The SMILES string of the molecule is Clc1cccc2[nH]c(-c3ccc(Br)cc3)cc12. The predicted octanol–water partition coefficient (Wildman–Crippen LogP) is 5.25. The van der Waals surface area contributed by atoms with E-state index in [4.69, 9.17) is 11.6 Å². The molecule has 0 radical (unpaired) electrons. The van der Waals surface area contributed by atoms with Crippen molar-refractivity contribution in [3.8, 4) is 11.3 Å². The third-order valence-corrected chi connectivity index (χ3v) is 3.62. The number of hydrogen-bond donors (Lipinski definition) is 1. The smallest absolute Gasteiger partial charge is 0.0500 e. The van der Waals surface area contributed by atoms with Crippen LogP contribution in [-0.4, -0.2) is 4.98 Å². The fourth-order valence-corrected chi connectivity index (χ4v) is 2.40. The molecule has 3 rings (SSSR count). The van der Waals surface area contributed by atoms with E-state index in [1.807, 2.05) is 30.3 Å². The summed E-state index contributed by atoms with van der Waals surface area (Å²) in [5, 5.41) is 1.84. The Hall–Kier alpha value is -1.25. The Labute approximate surface area is 113 Å². The molecule has 0 saturated carbocycles. The van der Waals surface area contributed by atoms with Crippen LogP contribution in [0.1, 0.15) is 0 Å². The minimum Gasteiger partial charge on any atom is -0.354 e. The van der Waals surface area contributed by atoms with Crippen LogP contribution >= 0.6 is 27.5 Å². The van der Waals surface area contributed by atoms with Gasteiger partial charge in [0.25, 0.3) is 0 Å². The third kappa shape index (κ3) is 1.99. The van der Waals surface area contributed by atoms with Gasteiger partial charge in [0.2, 0.25) is 0 Å². The second-order valence-corrected chi connectivity index (χ2v) is 5.21. The number of aromatic amines is 1. The molecule has 1 aromatic heterocycles. The van der Waals surface area contributed by atoms with Crippen molar-refractivity contribution < 1.29 is 0 Å². The summed E-state index contributed by atoms with van der Waals surface area (Å²) in [4.78, 5) is 3.37. The maximum atomic E-state index is 6.16. The summed E-state index contributed by atoms with van der Waals surface area (Å²) in [5.41, 5.74) is 3.30. The molecule has 2 aromatic carbocycles. The van der Waals surface area contributed by atoms with Gasteiger partial charge in [-0.15, -0.1) is 0 Å². The van der Waals surface area contributed by atoms with Crippen molar-refractivity contribution in [1.82, 2.24) is 4.98 Å². The van der Waals surface area contributed by atoms with Gasteiger partial charge in [0.15, 0.2) is 0 Å². The minimum absolute atomic E-state index is 0.780. The highest BCUT2D eigenvalue weighted by molar-refractivity contribution is 9.10. The minimum atomic E-state index is 0.780. The normalized spacial score (nSPS) is 10.9. The van der Waals surface area contributed by atoms with E-state index in [0.717, 1.165) is 31.7 Å².